The highest BCUT2D eigenvalue weighted by Gasteiger charge is 2.31. The summed E-state index contributed by atoms with van der Waals surface area (Å²) >= 11 is 6.55. The van der Waals surface area contributed by atoms with E-state index in [1.807, 2.05) is 49.4 Å². The second kappa shape index (κ2) is 12.4. The molecule has 0 aliphatic carbocycles. The number of methoxy groups -OCH3 is 1. The molecule has 0 saturated carbocycles. The van der Waals surface area contributed by atoms with Crippen molar-refractivity contribution in [3.8, 4) is 17.2 Å². The van der Waals surface area contributed by atoms with Crippen LogP contribution in [0.4, 0.5) is 0 Å². The summed E-state index contributed by atoms with van der Waals surface area (Å²) in [5.41, 5.74) is 2.02. The van der Waals surface area contributed by atoms with Gasteiger partial charge in [-0.1, -0.05) is 53.8 Å². The maximum Gasteiger partial charge on any atom is 0.266 e. The lowest BCUT2D eigenvalue weighted by Crippen LogP contribution is -2.27. The van der Waals surface area contributed by atoms with Crippen molar-refractivity contribution in [1.82, 2.24) is 4.90 Å². The van der Waals surface area contributed by atoms with Gasteiger partial charge in [0.25, 0.3) is 5.91 Å². The van der Waals surface area contributed by atoms with Crippen LogP contribution in [0.15, 0.2) is 60.0 Å². The Balaban J connectivity index is 1.46. The summed E-state index contributed by atoms with van der Waals surface area (Å²) in [5, 5.41) is 0. The van der Waals surface area contributed by atoms with Gasteiger partial charge in [-0.3, -0.25) is 9.69 Å². The second-order valence-corrected chi connectivity index (χ2v) is 8.79. The maximum absolute atomic E-state index is 12.5. The molecule has 1 fully saturated rings. The summed E-state index contributed by atoms with van der Waals surface area (Å²) in [6, 6.07) is 13.4. The van der Waals surface area contributed by atoms with Gasteiger partial charge in [-0.2, -0.15) is 0 Å². The number of thiocarbonyl (C=S) groups is 1. The lowest BCUT2D eigenvalue weighted by Gasteiger charge is -2.12. The Hall–Kier alpha value is -2.81. The van der Waals surface area contributed by atoms with Gasteiger partial charge >= 0.3 is 0 Å². The quantitative estimate of drug-likeness (QED) is 0.184. The van der Waals surface area contributed by atoms with Crippen LogP contribution in [0.25, 0.3) is 6.08 Å². The Labute approximate surface area is 204 Å². The Morgan fingerprint density at radius 2 is 1.76 bits per heavy atom. The van der Waals surface area contributed by atoms with Gasteiger partial charge in [-0.15, -0.1) is 6.58 Å². The highest BCUT2D eigenvalue weighted by molar-refractivity contribution is 8.26. The zero-order chi connectivity index (χ0) is 23.6. The Morgan fingerprint density at radius 1 is 1.03 bits per heavy atom. The molecular formula is C25H27NO5S2. The first kappa shape index (κ1) is 24.8. The van der Waals surface area contributed by atoms with Crippen LogP contribution in [0.3, 0.4) is 0 Å². The fourth-order valence-corrected chi connectivity index (χ4v) is 4.27. The van der Waals surface area contributed by atoms with Crippen LogP contribution >= 0.6 is 24.0 Å². The third kappa shape index (κ3) is 7.08. The SMILES string of the molecule is C=CCN1C(=O)/C(=C/c2ccc(OCCOCCOc3ccc(C)cc3)c(OC)c2)SC1=S. The molecule has 174 valence electrons. The van der Waals surface area contributed by atoms with E-state index in [9.17, 15) is 4.79 Å². The molecule has 2 aromatic rings. The summed E-state index contributed by atoms with van der Waals surface area (Å²) in [7, 11) is 1.58. The number of nitrogens with zero attached hydrogens (tertiary/aromatic N) is 1. The number of carbonyl (C=O) groups is 1. The molecule has 0 unspecified atom stereocenters. The standard InChI is InChI=1S/C25H27NO5S2/c1-4-11-26-24(27)23(33-25(26)32)17-19-7-10-21(22(16-19)28-3)31-15-13-29-12-14-30-20-8-5-18(2)6-9-20/h4-10,16-17H,1,11-15H2,2-3H3/b23-17-. The molecule has 0 atom stereocenters. The van der Waals surface area contributed by atoms with Crippen LogP contribution < -0.4 is 14.2 Å². The van der Waals surface area contributed by atoms with E-state index in [4.69, 9.17) is 31.2 Å². The Bertz CT molecular complexity index is 1020. The van der Waals surface area contributed by atoms with Gasteiger partial charge in [0.15, 0.2) is 11.5 Å². The average molecular weight is 486 g/mol. The van der Waals surface area contributed by atoms with Gasteiger partial charge in [0, 0.05) is 6.54 Å². The fraction of sp³-hybridized carbons (Fsp3) is 0.280. The van der Waals surface area contributed by atoms with Gasteiger partial charge in [0.05, 0.1) is 25.2 Å². The van der Waals surface area contributed by atoms with Crippen LogP contribution in [0.5, 0.6) is 17.2 Å². The molecular weight excluding hydrogens is 458 g/mol. The van der Waals surface area contributed by atoms with E-state index in [1.165, 1.54) is 22.2 Å². The molecule has 1 amide bonds. The zero-order valence-corrected chi connectivity index (χ0v) is 20.4. The number of amides is 1. The van der Waals surface area contributed by atoms with Crippen LogP contribution in [0, 0.1) is 6.92 Å². The van der Waals surface area contributed by atoms with E-state index in [-0.39, 0.29) is 5.91 Å². The third-order valence-corrected chi connectivity index (χ3v) is 6.05. The second-order valence-electron chi connectivity index (χ2n) is 7.11. The summed E-state index contributed by atoms with van der Waals surface area (Å²) < 4.78 is 23.0. The van der Waals surface area contributed by atoms with Gasteiger partial charge in [0.1, 0.15) is 23.3 Å². The molecule has 3 rings (SSSR count). The Morgan fingerprint density at radius 3 is 2.45 bits per heavy atom. The first-order valence-electron chi connectivity index (χ1n) is 10.5. The minimum absolute atomic E-state index is 0.118. The number of hydrogen-bond acceptors (Lipinski definition) is 7. The topological polar surface area (TPSA) is 57.2 Å². The summed E-state index contributed by atoms with van der Waals surface area (Å²) in [6.07, 6.45) is 3.45. The molecule has 1 heterocycles. The van der Waals surface area contributed by atoms with E-state index < -0.39 is 0 Å². The first-order valence-corrected chi connectivity index (χ1v) is 11.7. The minimum Gasteiger partial charge on any atom is -0.493 e. The average Bonchev–Trinajstić information content (AvgIpc) is 3.07. The number of carbonyl (C=O) groups excluding carboxylic acids is 1. The van der Waals surface area contributed by atoms with Crippen LogP contribution in [0.2, 0.25) is 0 Å². The van der Waals surface area contributed by atoms with Crippen molar-refractivity contribution in [1.29, 1.82) is 0 Å². The van der Waals surface area contributed by atoms with Gasteiger partial charge in [0.2, 0.25) is 0 Å². The van der Waals surface area contributed by atoms with Crippen molar-refractivity contribution >= 4 is 40.3 Å². The molecule has 0 aromatic heterocycles. The van der Waals surface area contributed by atoms with E-state index in [1.54, 1.807) is 19.3 Å². The lowest BCUT2D eigenvalue weighted by molar-refractivity contribution is -0.121. The summed E-state index contributed by atoms with van der Waals surface area (Å²) in [4.78, 5) is 14.6. The van der Waals surface area contributed by atoms with Crippen molar-refractivity contribution in [2.45, 2.75) is 6.92 Å². The smallest absolute Gasteiger partial charge is 0.266 e. The predicted octanol–water partition coefficient (Wildman–Crippen LogP) is 4.87. The molecule has 6 nitrogen and oxygen atoms in total. The van der Waals surface area contributed by atoms with Crippen LogP contribution in [0.1, 0.15) is 11.1 Å². The molecule has 0 N–H and O–H groups in total. The lowest BCUT2D eigenvalue weighted by atomic mass is 10.2. The van der Waals surface area contributed by atoms with Crippen molar-refractivity contribution in [3.05, 3.63) is 71.2 Å². The number of rotatable bonds is 12. The molecule has 0 radical (unpaired) electrons. The van der Waals surface area contributed by atoms with E-state index in [0.29, 0.717) is 53.7 Å². The predicted molar refractivity (Wildman–Crippen MR) is 136 cm³/mol. The minimum atomic E-state index is -0.118. The molecule has 1 aliphatic rings. The van der Waals surface area contributed by atoms with Gasteiger partial charge in [-0.25, -0.2) is 0 Å². The maximum atomic E-state index is 12.5. The number of benzene rings is 2. The normalized spacial score (nSPS) is 14.6. The van der Waals surface area contributed by atoms with Crippen molar-refractivity contribution < 1.29 is 23.7 Å². The summed E-state index contributed by atoms with van der Waals surface area (Å²) in [6.45, 7) is 7.85. The molecule has 2 aromatic carbocycles. The first-order chi connectivity index (χ1) is 16.0. The van der Waals surface area contributed by atoms with Gasteiger partial charge in [-0.05, 0) is 42.8 Å². The molecule has 1 saturated heterocycles. The van der Waals surface area contributed by atoms with Crippen LogP contribution in [-0.4, -0.2) is 55.2 Å². The van der Waals surface area contributed by atoms with Crippen LogP contribution in [-0.2, 0) is 9.53 Å². The van der Waals surface area contributed by atoms with E-state index in [2.05, 4.69) is 6.58 Å². The van der Waals surface area contributed by atoms with E-state index >= 15 is 0 Å². The van der Waals surface area contributed by atoms with Crippen molar-refractivity contribution in [2.24, 2.45) is 0 Å². The zero-order valence-electron chi connectivity index (χ0n) is 18.7. The summed E-state index contributed by atoms with van der Waals surface area (Å²) in [5.74, 6) is 1.89. The highest BCUT2D eigenvalue weighted by Crippen LogP contribution is 2.34. The monoisotopic (exact) mass is 485 g/mol. The Kier molecular flexibility index (Phi) is 9.35. The van der Waals surface area contributed by atoms with Gasteiger partial charge < -0.3 is 18.9 Å². The van der Waals surface area contributed by atoms with Crippen molar-refractivity contribution in [2.75, 3.05) is 40.1 Å². The number of ether oxygens (including phenoxy) is 4. The van der Waals surface area contributed by atoms with Crippen molar-refractivity contribution in [3.63, 3.8) is 0 Å². The molecule has 0 spiro atoms. The molecule has 33 heavy (non-hydrogen) atoms. The number of thioether (sulfide) groups is 1. The fourth-order valence-electron chi connectivity index (χ4n) is 3.00. The number of hydrogen-bond donors (Lipinski definition) is 0. The molecule has 1 aliphatic heterocycles. The third-order valence-electron chi connectivity index (χ3n) is 4.67. The highest BCUT2D eigenvalue weighted by atomic mass is 32.2. The molecule has 8 heteroatoms. The van der Waals surface area contributed by atoms with E-state index in [0.717, 1.165) is 11.3 Å². The number of aryl methyl sites for hydroxylation is 1. The largest absolute Gasteiger partial charge is 0.493 e. The molecule has 0 bridgehead atoms.